The van der Waals surface area contributed by atoms with Crippen molar-refractivity contribution in [3.8, 4) is 5.75 Å². The number of hydrogen-bond donors (Lipinski definition) is 1. The minimum absolute atomic E-state index is 0.0790. The first kappa shape index (κ1) is 13.8. The lowest BCUT2D eigenvalue weighted by Crippen LogP contribution is -2.04. The molecule has 104 valence electrons. The van der Waals surface area contributed by atoms with Crippen LogP contribution in [0.2, 0.25) is 0 Å². The molecule has 1 heterocycles. The summed E-state index contributed by atoms with van der Waals surface area (Å²) < 4.78 is 5.45. The molecule has 0 spiro atoms. The van der Waals surface area contributed by atoms with Crippen LogP contribution in [0, 0.1) is 10.1 Å². The van der Waals surface area contributed by atoms with Gasteiger partial charge in [-0.1, -0.05) is 12.1 Å². The number of aromatic nitrogens is 1. The highest BCUT2D eigenvalue weighted by molar-refractivity contribution is 5.50. The molecule has 0 aliphatic heterocycles. The molecule has 0 bridgehead atoms. The van der Waals surface area contributed by atoms with Gasteiger partial charge in [-0.15, -0.1) is 0 Å². The van der Waals surface area contributed by atoms with Crippen LogP contribution in [0.25, 0.3) is 0 Å². The first-order valence-electron chi connectivity index (χ1n) is 6.25. The van der Waals surface area contributed by atoms with Crippen LogP contribution < -0.4 is 10.1 Å². The minimum Gasteiger partial charge on any atom is -0.490 e. The Bertz CT molecular complexity index is 602. The number of nitrogens with zero attached hydrogens (tertiary/aromatic N) is 2. The Kier molecular flexibility index (Phi) is 4.49. The van der Waals surface area contributed by atoms with Gasteiger partial charge in [0.25, 0.3) is 5.69 Å². The molecule has 20 heavy (non-hydrogen) atoms. The predicted molar refractivity (Wildman–Crippen MR) is 75.8 cm³/mol. The van der Waals surface area contributed by atoms with Crippen LogP contribution in [-0.2, 0) is 6.54 Å². The first-order chi connectivity index (χ1) is 9.70. The molecule has 2 aromatic rings. The van der Waals surface area contributed by atoms with E-state index in [-0.39, 0.29) is 5.69 Å². The molecule has 0 radical (unpaired) electrons. The number of benzene rings is 1. The van der Waals surface area contributed by atoms with Gasteiger partial charge in [0.15, 0.2) is 11.6 Å². The van der Waals surface area contributed by atoms with Gasteiger partial charge in [0.1, 0.15) is 0 Å². The Morgan fingerprint density at radius 3 is 2.95 bits per heavy atom. The third kappa shape index (κ3) is 3.44. The van der Waals surface area contributed by atoms with E-state index in [0.29, 0.717) is 24.7 Å². The fourth-order valence-electron chi connectivity index (χ4n) is 1.76. The number of ether oxygens (including phenoxy) is 1. The quantitative estimate of drug-likeness (QED) is 0.646. The molecule has 1 N–H and O–H groups in total. The topological polar surface area (TPSA) is 77.3 Å². The smallest absolute Gasteiger partial charge is 0.269 e. The fraction of sp³-hybridized carbons (Fsp3) is 0.214. The summed E-state index contributed by atoms with van der Waals surface area (Å²) in [5.74, 6) is 1.29. The second-order valence-electron chi connectivity index (χ2n) is 4.06. The van der Waals surface area contributed by atoms with Gasteiger partial charge in [-0.05, 0) is 24.6 Å². The van der Waals surface area contributed by atoms with Crippen LogP contribution in [0.3, 0.4) is 0 Å². The van der Waals surface area contributed by atoms with Crippen molar-refractivity contribution in [3.05, 3.63) is 58.3 Å². The van der Waals surface area contributed by atoms with Crippen molar-refractivity contribution in [3.63, 3.8) is 0 Å². The van der Waals surface area contributed by atoms with E-state index in [4.69, 9.17) is 4.74 Å². The van der Waals surface area contributed by atoms with Crippen molar-refractivity contribution in [2.45, 2.75) is 13.5 Å². The van der Waals surface area contributed by atoms with E-state index in [2.05, 4.69) is 10.3 Å². The van der Waals surface area contributed by atoms with E-state index in [1.165, 1.54) is 12.1 Å². The summed E-state index contributed by atoms with van der Waals surface area (Å²) in [5, 5.41) is 13.8. The molecule has 0 saturated carbocycles. The zero-order valence-corrected chi connectivity index (χ0v) is 11.1. The van der Waals surface area contributed by atoms with Crippen molar-refractivity contribution in [2.75, 3.05) is 11.9 Å². The SMILES string of the molecule is CCOc1cccnc1NCc1cccc([N+](=O)[O-])c1. The van der Waals surface area contributed by atoms with Crippen LogP contribution in [0.5, 0.6) is 5.75 Å². The number of pyridine rings is 1. The fourth-order valence-corrected chi connectivity index (χ4v) is 1.76. The number of anilines is 1. The molecule has 0 amide bonds. The lowest BCUT2D eigenvalue weighted by atomic mass is 10.2. The standard InChI is InChI=1S/C14H15N3O3/c1-2-20-13-7-4-8-15-14(13)16-10-11-5-3-6-12(9-11)17(18)19/h3-9H,2,10H2,1H3,(H,15,16). The third-order valence-corrected chi connectivity index (χ3v) is 2.65. The Balaban J connectivity index is 2.09. The molecular weight excluding hydrogens is 258 g/mol. The Morgan fingerprint density at radius 2 is 2.20 bits per heavy atom. The van der Waals surface area contributed by atoms with Crippen molar-refractivity contribution >= 4 is 11.5 Å². The first-order valence-corrected chi connectivity index (χ1v) is 6.25. The molecule has 0 fully saturated rings. The third-order valence-electron chi connectivity index (χ3n) is 2.65. The number of rotatable bonds is 6. The number of non-ortho nitro benzene ring substituents is 1. The van der Waals surface area contributed by atoms with Gasteiger partial charge in [0, 0.05) is 24.9 Å². The zero-order valence-electron chi connectivity index (χ0n) is 11.1. The lowest BCUT2D eigenvalue weighted by Gasteiger charge is -2.10. The largest absolute Gasteiger partial charge is 0.490 e. The second kappa shape index (κ2) is 6.51. The van der Waals surface area contributed by atoms with Crippen molar-refractivity contribution in [1.29, 1.82) is 0 Å². The molecule has 6 heteroatoms. The van der Waals surface area contributed by atoms with E-state index in [9.17, 15) is 10.1 Å². The van der Waals surface area contributed by atoms with Gasteiger partial charge in [-0.25, -0.2) is 4.98 Å². The lowest BCUT2D eigenvalue weighted by molar-refractivity contribution is -0.384. The summed E-state index contributed by atoms with van der Waals surface area (Å²) in [5.41, 5.74) is 0.891. The Morgan fingerprint density at radius 1 is 1.35 bits per heavy atom. The summed E-state index contributed by atoms with van der Waals surface area (Å²) in [6, 6.07) is 10.1. The summed E-state index contributed by atoms with van der Waals surface area (Å²) in [6.45, 7) is 2.90. The van der Waals surface area contributed by atoms with E-state index in [0.717, 1.165) is 5.56 Å². The van der Waals surface area contributed by atoms with Crippen LogP contribution in [0.1, 0.15) is 12.5 Å². The molecule has 2 rings (SSSR count). The average molecular weight is 273 g/mol. The van der Waals surface area contributed by atoms with Crippen molar-refractivity contribution in [2.24, 2.45) is 0 Å². The summed E-state index contributed by atoms with van der Waals surface area (Å²) >= 11 is 0. The molecule has 1 aromatic heterocycles. The second-order valence-corrected chi connectivity index (χ2v) is 4.06. The van der Waals surface area contributed by atoms with Crippen LogP contribution in [0.4, 0.5) is 11.5 Å². The van der Waals surface area contributed by atoms with Gasteiger partial charge in [0.05, 0.1) is 11.5 Å². The minimum atomic E-state index is -0.407. The molecular formula is C14H15N3O3. The molecule has 6 nitrogen and oxygen atoms in total. The number of nitrogens with one attached hydrogen (secondary N) is 1. The Hall–Kier alpha value is -2.63. The monoisotopic (exact) mass is 273 g/mol. The predicted octanol–water partition coefficient (Wildman–Crippen LogP) is 3.00. The summed E-state index contributed by atoms with van der Waals surface area (Å²) in [4.78, 5) is 14.5. The normalized spacial score (nSPS) is 10.1. The highest BCUT2D eigenvalue weighted by Crippen LogP contribution is 2.22. The Labute approximate surface area is 116 Å². The van der Waals surface area contributed by atoms with E-state index in [1.807, 2.05) is 19.1 Å². The molecule has 0 aliphatic rings. The average Bonchev–Trinajstić information content (AvgIpc) is 2.47. The molecule has 1 aromatic carbocycles. The zero-order chi connectivity index (χ0) is 14.4. The maximum Gasteiger partial charge on any atom is 0.269 e. The van der Waals surface area contributed by atoms with Gasteiger partial charge >= 0.3 is 0 Å². The highest BCUT2D eigenvalue weighted by atomic mass is 16.6. The molecule has 0 saturated heterocycles. The van der Waals surface area contributed by atoms with Crippen LogP contribution >= 0.6 is 0 Å². The van der Waals surface area contributed by atoms with Crippen molar-refractivity contribution < 1.29 is 9.66 Å². The van der Waals surface area contributed by atoms with Crippen LogP contribution in [-0.4, -0.2) is 16.5 Å². The van der Waals surface area contributed by atoms with Gasteiger partial charge in [0.2, 0.25) is 0 Å². The van der Waals surface area contributed by atoms with Crippen molar-refractivity contribution in [1.82, 2.24) is 4.98 Å². The molecule has 0 aliphatic carbocycles. The van der Waals surface area contributed by atoms with Gasteiger partial charge in [-0.3, -0.25) is 10.1 Å². The summed E-state index contributed by atoms with van der Waals surface area (Å²) in [6.07, 6.45) is 1.66. The van der Waals surface area contributed by atoms with E-state index >= 15 is 0 Å². The van der Waals surface area contributed by atoms with Gasteiger partial charge in [-0.2, -0.15) is 0 Å². The highest BCUT2D eigenvalue weighted by Gasteiger charge is 2.07. The number of nitro benzene ring substituents is 1. The summed E-state index contributed by atoms with van der Waals surface area (Å²) in [7, 11) is 0. The van der Waals surface area contributed by atoms with E-state index in [1.54, 1.807) is 18.3 Å². The maximum atomic E-state index is 10.7. The van der Waals surface area contributed by atoms with E-state index < -0.39 is 4.92 Å². The van der Waals surface area contributed by atoms with Gasteiger partial charge < -0.3 is 10.1 Å². The number of hydrogen-bond acceptors (Lipinski definition) is 5. The maximum absolute atomic E-state index is 10.7. The molecule has 0 unspecified atom stereocenters. The number of nitro groups is 1. The van der Waals surface area contributed by atoms with Crippen LogP contribution in [0.15, 0.2) is 42.6 Å². The molecule has 0 atom stereocenters.